The van der Waals surface area contributed by atoms with Crippen LogP contribution in [0.5, 0.6) is 0 Å². The van der Waals surface area contributed by atoms with Crippen LogP contribution in [0.4, 0.5) is 22.9 Å². The molecule has 1 aromatic heterocycles. The summed E-state index contributed by atoms with van der Waals surface area (Å²) in [5, 5.41) is 9.45. The minimum Gasteiger partial charge on any atom is -0.396 e. The normalized spacial score (nSPS) is 16.8. The van der Waals surface area contributed by atoms with E-state index in [0.717, 1.165) is 32.2 Å². The van der Waals surface area contributed by atoms with E-state index < -0.39 is 9.84 Å². The Labute approximate surface area is 210 Å². The van der Waals surface area contributed by atoms with Crippen LogP contribution < -0.4 is 15.5 Å². The lowest BCUT2D eigenvalue weighted by atomic mass is 10.0. The number of carbonyl (C=O) groups is 1. The van der Waals surface area contributed by atoms with Gasteiger partial charge in [0.25, 0.3) is 5.91 Å². The van der Waals surface area contributed by atoms with Crippen LogP contribution in [0.25, 0.3) is 11.6 Å². The smallest absolute Gasteiger partial charge is 0.263 e. The minimum absolute atomic E-state index is 0.171. The number of amides is 1. The first-order chi connectivity index (χ1) is 17.3. The van der Waals surface area contributed by atoms with Crippen LogP contribution in [0, 0.1) is 11.3 Å². The van der Waals surface area contributed by atoms with Gasteiger partial charge in [-0.3, -0.25) is 9.69 Å². The average molecular weight is 500 g/mol. The Morgan fingerprint density at radius 1 is 1.03 bits per heavy atom. The number of fused-ring (bicyclic) bond motifs is 1. The first-order valence-electron chi connectivity index (χ1n) is 11.7. The molecule has 5 rings (SSSR count). The zero-order valence-corrected chi connectivity index (χ0v) is 20.6. The number of anilines is 4. The molecule has 1 amide bonds. The maximum Gasteiger partial charge on any atom is 0.263 e. The molecule has 182 valence electrons. The number of benzene rings is 2. The van der Waals surface area contributed by atoms with Crippen molar-refractivity contribution in [3.63, 3.8) is 0 Å². The van der Waals surface area contributed by atoms with Crippen molar-refractivity contribution in [3.05, 3.63) is 71.4 Å². The second-order valence-electron chi connectivity index (χ2n) is 9.01. The highest BCUT2D eigenvalue weighted by Gasteiger charge is 2.34. The second-order valence-corrected chi connectivity index (χ2v) is 11.0. The molecule has 8 nitrogen and oxygen atoms in total. The second kappa shape index (κ2) is 9.13. The molecule has 9 heteroatoms. The van der Waals surface area contributed by atoms with Crippen molar-refractivity contribution in [1.29, 1.82) is 5.26 Å². The zero-order valence-electron chi connectivity index (χ0n) is 19.8. The summed E-state index contributed by atoms with van der Waals surface area (Å²) in [7, 11) is -3.37. The van der Waals surface area contributed by atoms with Gasteiger partial charge < -0.3 is 10.6 Å². The van der Waals surface area contributed by atoms with Crippen LogP contribution in [0.3, 0.4) is 0 Å². The van der Waals surface area contributed by atoms with Crippen LogP contribution in [0.2, 0.25) is 0 Å². The van der Waals surface area contributed by atoms with E-state index >= 15 is 0 Å². The largest absolute Gasteiger partial charge is 0.396 e. The number of piperidine rings is 1. The van der Waals surface area contributed by atoms with Crippen molar-refractivity contribution < 1.29 is 13.2 Å². The fourth-order valence-corrected chi connectivity index (χ4v) is 5.29. The highest BCUT2D eigenvalue weighted by Crippen LogP contribution is 2.43. The van der Waals surface area contributed by atoms with Gasteiger partial charge in [-0.25, -0.2) is 13.4 Å². The van der Waals surface area contributed by atoms with E-state index in [0.29, 0.717) is 45.3 Å². The number of nitrogens with zero attached hydrogens (tertiary/aromatic N) is 4. The van der Waals surface area contributed by atoms with Crippen LogP contribution in [0.1, 0.15) is 36.1 Å². The molecule has 1 fully saturated rings. The minimum atomic E-state index is -3.37. The van der Waals surface area contributed by atoms with Crippen molar-refractivity contribution >= 4 is 50.3 Å². The van der Waals surface area contributed by atoms with Gasteiger partial charge in [-0.1, -0.05) is 0 Å². The van der Waals surface area contributed by atoms with Gasteiger partial charge in [-0.15, -0.1) is 0 Å². The first-order valence-corrected chi connectivity index (χ1v) is 13.6. The van der Waals surface area contributed by atoms with Crippen LogP contribution >= 0.6 is 0 Å². The lowest BCUT2D eigenvalue weighted by Crippen LogP contribution is -2.31. The van der Waals surface area contributed by atoms with Crippen molar-refractivity contribution in [2.24, 2.45) is 0 Å². The number of hydrogen-bond acceptors (Lipinski definition) is 7. The van der Waals surface area contributed by atoms with Gasteiger partial charge >= 0.3 is 0 Å². The molecule has 2 N–H and O–H groups in total. The molecule has 0 unspecified atom stereocenters. The Morgan fingerprint density at radius 3 is 2.42 bits per heavy atom. The van der Waals surface area contributed by atoms with Crippen molar-refractivity contribution in [1.82, 2.24) is 4.98 Å². The molecule has 2 aliphatic heterocycles. The number of nitrogen functional groups attached to an aromatic ring is 1. The summed E-state index contributed by atoms with van der Waals surface area (Å²) in [4.78, 5) is 22.3. The third-order valence-electron chi connectivity index (χ3n) is 6.49. The standard InChI is InChI=1S/C27H25N5O3S/c1-36(34,35)21-9-7-20(8-10-21)32-25-12-5-18(17-28)15-22(25)23(27(32)33)16-19-6-11-24(29)26(30-19)31-13-3-2-4-14-31/h5-12,15-16H,2-4,13-14,29H2,1H3/b23-16-. The Balaban J connectivity index is 1.59. The third kappa shape index (κ3) is 4.32. The maximum absolute atomic E-state index is 13.7. The molecule has 3 aromatic rings. The molecule has 0 spiro atoms. The van der Waals surface area contributed by atoms with Gasteiger partial charge in [0.2, 0.25) is 0 Å². The highest BCUT2D eigenvalue weighted by atomic mass is 32.2. The predicted molar refractivity (Wildman–Crippen MR) is 140 cm³/mol. The molecule has 0 bridgehead atoms. The molecule has 2 aromatic carbocycles. The Kier molecular flexibility index (Phi) is 5.98. The fraction of sp³-hybridized carbons (Fsp3) is 0.222. The topological polar surface area (TPSA) is 120 Å². The molecule has 2 aliphatic rings. The van der Waals surface area contributed by atoms with Gasteiger partial charge in [0.1, 0.15) is 0 Å². The summed E-state index contributed by atoms with van der Waals surface area (Å²) in [6, 6.07) is 17.0. The van der Waals surface area contributed by atoms with Crippen molar-refractivity contribution in [3.8, 4) is 6.07 Å². The number of sulfone groups is 1. The summed E-state index contributed by atoms with van der Waals surface area (Å²) in [5.41, 5.74) is 10.0. The van der Waals surface area contributed by atoms with E-state index in [1.165, 1.54) is 23.5 Å². The Morgan fingerprint density at radius 2 is 1.75 bits per heavy atom. The lowest BCUT2D eigenvalue weighted by Gasteiger charge is -2.28. The SMILES string of the molecule is CS(=O)(=O)c1ccc(N2C(=O)/C(=C\c3ccc(N)c(N4CCCCC4)n3)c3cc(C#N)ccc32)cc1. The zero-order chi connectivity index (χ0) is 25.4. The van der Waals surface area contributed by atoms with E-state index in [1.807, 2.05) is 0 Å². The van der Waals surface area contributed by atoms with E-state index in [1.54, 1.807) is 48.5 Å². The number of rotatable bonds is 4. The molecular weight excluding hydrogens is 474 g/mol. The Hall–Kier alpha value is -4.16. The number of hydrogen-bond donors (Lipinski definition) is 1. The predicted octanol–water partition coefficient (Wildman–Crippen LogP) is 4.15. The molecule has 3 heterocycles. The quantitative estimate of drug-likeness (QED) is 0.535. The number of nitriles is 1. The van der Waals surface area contributed by atoms with E-state index in [-0.39, 0.29) is 10.8 Å². The first kappa shape index (κ1) is 23.6. The van der Waals surface area contributed by atoms with Gasteiger partial charge in [0.05, 0.1) is 39.2 Å². The molecule has 1 saturated heterocycles. The molecule has 0 aliphatic carbocycles. The molecule has 36 heavy (non-hydrogen) atoms. The number of aromatic nitrogens is 1. The third-order valence-corrected chi connectivity index (χ3v) is 7.62. The van der Waals surface area contributed by atoms with Gasteiger partial charge in [0.15, 0.2) is 15.7 Å². The van der Waals surface area contributed by atoms with E-state index in [2.05, 4.69) is 11.0 Å². The lowest BCUT2D eigenvalue weighted by molar-refractivity contribution is -0.112. The van der Waals surface area contributed by atoms with Gasteiger partial charge in [-0.05, 0) is 79.9 Å². The van der Waals surface area contributed by atoms with Crippen molar-refractivity contribution in [2.75, 3.05) is 34.9 Å². The number of nitrogens with two attached hydrogens (primary N) is 1. The Bertz CT molecular complexity index is 1530. The van der Waals surface area contributed by atoms with Gasteiger partial charge in [-0.2, -0.15) is 5.26 Å². The summed E-state index contributed by atoms with van der Waals surface area (Å²) >= 11 is 0. The molecule has 0 atom stereocenters. The fourth-order valence-electron chi connectivity index (χ4n) is 4.66. The monoisotopic (exact) mass is 499 g/mol. The molecule has 0 radical (unpaired) electrons. The number of pyridine rings is 1. The van der Waals surface area contributed by atoms with Crippen LogP contribution in [-0.2, 0) is 14.6 Å². The van der Waals surface area contributed by atoms with Crippen LogP contribution in [0.15, 0.2) is 59.5 Å². The van der Waals surface area contributed by atoms with Crippen LogP contribution in [-0.4, -0.2) is 38.7 Å². The summed E-state index contributed by atoms with van der Waals surface area (Å²) in [6.45, 7) is 1.78. The summed E-state index contributed by atoms with van der Waals surface area (Å²) in [5.74, 6) is 0.430. The summed E-state index contributed by atoms with van der Waals surface area (Å²) < 4.78 is 23.8. The molecular formula is C27H25N5O3S. The summed E-state index contributed by atoms with van der Waals surface area (Å²) in [6.07, 6.45) is 6.22. The highest BCUT2D eigenvalue weighted by molar-refractivity contribution is 7.90. The van der Waals surface area contributed by atoms with E-state index in [4.69, 9.17) is 10.7 Å². The average Bonchev–Trinajstić information content (AvgIpc) is 3.15. The maximum atomic E-state index is 13.7. The van der Waals surface area contributed by atoms with Crippen molar-refractivity contribution in [2.45, 2.75) is 24.2 Å². The van der Waals surface area contributed by atoms with Gasteiger partial charge in [0, 0.05) is 30.6 Å². The van der Waals surface area contributed by atoms with E-state index in [9.17, 15) is 18.5 Å². The number of carbonyl (C=O) groups excluding carboxylic acids is 1. The molecule has 0 saturated carbocycles.